The Bertz CT molecular complexity index is 993. The van der Waals surface area contributed by atoms with Crippen LogP contribution in [0, 0.1) is 0 Å². The number of hydrogen-bond donors (Lipinski definition) is 2. The molecule has 3 amide bonds. The molecule has 1 unspecified atom stereocenters. The average molecular weight is 373 g/mol. The lowest BCUT2D eigenvalue weighted by molar-refractivity contribution is -0.146. The molecule has 28 heavy (non-hydrogen) atoms. The minimum absolute atomic E-state index is 0.162. The SMILES string of the molecule is C=C1CCC(N2C(=O)C=C(Nc3ccc(-c4ccccc4)cc3)C2=O)C(=O)N1. The number of benzene rings is 2. The molecule has 1 atom stereocenters. The first-order valence-electron chi connectivity index (χ1n) is 9.03. The number of carbonyl (C=O) groups is 3. The second kappa shape index (κ2) is 7.15. The minimum atomic E-state index is -0.804. The van der Waals surface area contributed by atoms with Gasteiger partial charge in [0.2, 0.25) is 5.91 Å². The molecule has 2 N–H and O–H groups in total. The summed E-state index contributed by atoms with van der Waals surface area (Å²) >= 11 is 0. The van der Waals surface area contributed by atoms with E-state index in [0.29, 0.717) is 24.2 Å². The highest BCUT2D eigenvalue weighted by molar-refractivity contribution is 6.19. The number of rotatable bonds is 4. The van der Waals surface area contributed by atoms with E-state index in [2.05, 4.69) is 17.2 Å². The lowest BCUT2D eigenvalue weighted by Crippen LogP contribution is -2.52. The van der Waals surface area contributed by atoms with Crippen LogP contribution in [-0.2, 0) is 14.4 Å². The van der Waals surface area contributed by atoms with E-state index in [4.69, 9.17) is 0 Å². The molecule has 140 valence electrons. The van der Waals surface area contributed by atoms with E-state index < -0.39 is 17.9 Å². The second-order valence-corrected chi connectivity index (χ2v) is 6.79. The third-order valence-electron chi connectivity index (χ3n) is 4.86. The maximum absolute atomic E-state index is 12.7. The van der Waals surface area contributed by atoms with Gasteiger partial charge < -0.3 is 10.6 Å². The molecule has 1 saturated heterocycles. The molecule has 0 saturated carbocycles. The molecule has 0 aliphatic carbocycles. The van der Waals surface area contributed by atoms with Crippen LogP contribution in [0.5, 0.6) is 0 Å². The van der Waals surface area contributed by atoms with Gasteiger partial charge in [0.15, 0.2) is 0 Å². The van der Waals surface area contributed by atoms with E-state index in [1.54, 1.807) is 0 Å². The molecule has 2 aromatic rings. The van der Waals surface area contributed by atoms with Crippen LogP contribution in [0.25, 0.3) is 11.1 Å². The fraction of sp³-hybridized carbons (Fsp3) is 0.136. The molecule has 0 bridgehead atoms. The molecule has 2 heterocycles. The van der Waals surface area contributed by atoms with Crippen molar-refractivity contribution in [2.24, 2.45) is 0 Å². The zero-order valence-corrected chi connectivity index (χ0v) is 15.1. The number of carbonyl (C=O) groups excluding carboxylic acids is 3. The highest BCUT2D eigenvalue weighted by Gasteiger charge is 2.41. The topological polar surface area (TPSA) is 78.5 Å². The molecular formula is C22H19N3O3. The lowest BCUT2D eigenvalue weighted by atomic mass is 10.0. The Balaban J connectivity index is 1.48. The van der Waals surface area contributed by atoms with Crippen LogP contribution in [0.4, 0.5) is 5.69 Å². The predicted octanol–water partition coefficient (Wildman–Crippen LogP) is 2.81. The zero-order chi connectivity index (χ0) is 19.7. The van der Waals surface area contributed by atoms with Gasteiger partial charge in [-0.25, -0.2) is 0 Å². The third kappa shape index (κ3) is 3.32. The van der Waals surface area contributed by atoms with Crippen molar-refractivity contribution in [1.29, 1.82) is 0 Å². The van der Waals surface area contributed by atoms with E-state index in [1.165, 1.54) is 6.08 Å². The normalized spacial score (nSPS) is 19.5. The van der Waals surface area contributed by atoms with Gasteiger partial charge in [-0.2, -0.15) is 0 Å². The van der Waals surface area contributed by atoms with Crippen LogP contribution in [0.1, 0.15) is 12.8 Å². The fourth-order valence-electron chi connectivity index (χ4n) is 3.41. The van der Waals surface area contributed by atoms with Crippen LogP contribution in [0.3, 0.4) is 0 Å². The maximum atomic E-state index is 12.7. The number of piperidine rings is 1. The minimum Gasteiger partial charge on any atom is -0.351 e. The quantitative estimate of drug-likeness (QED) is 0.808. The van der Waals surface area contributed by atoms with Crippen molar-refractivity contribution in [2.45, 2.75) is 18.9 Å². The van der Waals surface area contributed by atoms with Crippen molar-refractivity contribution in [1.82, 2.24) is 10.2 Å². The van der Waals surface area contributed by atoms with Gasteiger partial charge in [0, 0.05) is 17.5 Å². The van der Waals surface area contributed by atoms with Gasteiger partial charge >= 0.3 is 0 Å². The van der Waals surface area contributed by atoms with Crippen molar-refractivity contribution in [3.8, 4) is 11.1 Å². The smallest absolute Gasteiger partial charge is 0.278 e. The molecular weight excluding hydrogens is 354 g/mol. The zero-order valence-electron chi connectivity index (χ0n) is 15.1. The van der Waals surface area contributed by atoms with Gasteiger partial charge in [-0.15, -0.1) is 0 Å². The summed E-state index contributed by atoms with van der Waals surface area (Å²) in [5.41, 5.74) is 3.60. The molecule has 4 rings (SSSR count). The van der Waals surface area contributed by atoms with Gasteiger partial charge in [0.1, 0.15) is 11.7 Å². The van der Waals surface area contributed by atoms with E-state index in [-0.39, 0.29) is 11.6 Å². The summed E-state index contributed by atoms with van der Waals surface area (Å²) in [4.78, 5) is 38.2. The Morgan fingerprint density at radius 3 is 2.32 bits per heavy atom. The van der Waals surface area contributed by atoms with Crippen molar-refractivity contribution in [2.75, 3.05) is 5.32 Å². The summed E-state index contributed by atoms with van der Waals surface area (Å²) in [6.45, 7) is 3.72. The van der Waals surface area contributed by atoms with Crippen LogP contribution in [0.15, 0.2) is 78.6 Å². The summed E-state index contributed by atoms with van der Waals surface area (Å²) < 4.78 is 0. The van der Waals surface area contributed by atoms with Crippen LogP contribution in [-0.4, -0.2) is 28.7 Å². The first-order chi connectivity index (χ1) is 13.5. The molecule has 2 aliphatic heterocycles. The summed E-state index contributed by atoms with van der Waals surface area (Å²) in [5.74, 6) is -1.36. The van der Waals surface area contributed by atoms with Gasteiger partial charge in [-0.05, 0) is 36.1 Å². The molecule has 1 fully saturated rings. The first-order valence-corrected chi connectivity index (χ1v) is 9.03. The van der Waals surface area contributed by atoms with E-state index >= 15 is 0 Å². The number of nitrogens with one attached hydrogen (secondary N) is 2. The predicted molar refractivity (Wildman–Crippen MR) is 106 cm³/mol. The number of allylic oxidation sites excluding steroid dienone is 1. The molecule has 0 radical (unpaired) electrons. The Labute approximate surface area is 162 Å². The number of anilines is 1. The van der Waals surface area contributed by atoms with Crippen molar-refractivity contribution in [3.05, 3.63) is 78.6 Å². The number of nitrogens with zero attached hydrogens (tertiary/aromatic N) is 1. The second-order valence-electron chi connectivity index (χ2n) is 6.79. The van der Waals surface area contributed by atoms with E-state index in [1.807, 2.05) is 54.6 Å². The Morgan fingerprint density at radius 1 is 0.964 bits per heavy atom. The van der Waals surface area contributed by atoms with E-state index in [0.717, 1.165) is 16.0 Å². The maximum Gasteiger partial charge on any atom is 0.278 e. The van der Waals surface area contributed by atoms with Gasteiger partial charge in [0.25, 0.3) is 11.8 Å². The molecule has 6 nitrogen and oxygen atoms in total. The van der Waals surface area contributed by atoms with Crippen molar-refractivity contribution < 1.29 is 14.4 Å². The van der Waals surface area contributed by atoms with Gasteiger partial charge in [-0.3, -0.25) is 19.3 Å². The molecule has 2 aromatic carbocycles. The van der Waals surface area contributed by atoms with E-state index in [9.17, 15) is 14.4 Å². The number of imide groups is 1. The van der Waals surface area contributed by atoms with Crippen LogP contribution in [0.2, 0.25) is 0 Å². The standard InChI is InChI=1S/C22H19N3O3/c1-14-7-12-19(21(27)23-14)25-20(26)13-18(22(25)28)24-17-10-8-16(9-11-17)15-5-3-2-4-6-15/h2-6,8-11,13,19,24H,1,7,12H2,(H,23,27). The fourth-order valence-corrected chi connectivity index (χ4v) is 3.41. The van der Waals surface area contributed by atoms with Crippen molar-refractivity contribution in [3.63, 3.8) is 0 Å². The molecule has 2 aliphatic rings. The summed E-state index contributed by atoms with van der Waals surface area (Å²) in [6, 6.07) is 16.7. The molecule has 0 aromatic heterocycles. The highest BCUT2D eigenvalue weighted by Crippen LogP contribution is 2.25. The van der Waals surface area contributed by atoms with Crippen LogP contribution < -0.4 is 10.6 Å². The lowest BCUT2D eigenvalue weighted by Gasteiger charge is -2.29. The summed E-state index contributed by atoms with van der Waals surface area (Å²) in [7, 11) is 0. The summed E-state index contributed by atoms with van der Waals surface area (Å²) in [6.07, 6.45) is 2.16. The third-order valence-corrected chi connectivity index (χ3v) is 4.86. The number of amides is 3. The average Bonchev–Trinajstić information content (AvgIpc) is 2.97. The molecule has 0 spiro atoms. The Kier molecular flexibility index (Phi) is 4.53. The largest absolute Gasteiger partial charge is 0.351 e. The summed E-state index contributed by atoms with van der Waals surface area (Å²) in [5, 5.41) is 5.60. The van der Waals surface area contributed by atoms with Gasteiger partial charge in [-0.1, -0.05) is 49.0 Å². The van der Waals surface area contributed by atoms with Crippen molar-refractivity contribution >= 4 is 23.4 Å². The number of hydrogen-bond acceptors (Lipinski definition) is 4. The first kappa shape index (κ1) is 17.7. The Morgan fingerprint density at radius 2 is 1.64 bits per heavy atom. The van der Waals surface area contributed by atoms with Crippen LogP contribution >= 0.6 is 0 Å². The highest BCUT2D eigenvalue weighted by atomic mass is 16.2. The Hall–Kier alpha value is -3.67. The molecule has 6 heteroatoms. The van der Waals surface area contributed by atoms with Gasteiger partial charge in [0.05, 0.1) is 0 Å². The monoisotopic (exact) mass is 373 g/mol.